The van der Waals surface area contributed by atoms with Crippen molar-refractivity contribution in [2.24, 2.45) is 7.05 Å². The molecule has 2 aromatic carbocycles. The van der Waals surface area contributed by atoms with Crippen molar-refractivity contribution in [2.75, 3.05) is 11.4 Å². The molecule has 24 heavy (non-hydrogen) atoms. The Morgan fingerprint density at radius 1 is 1.00 bits per heavy atom. The van der Waals surface area contributed by atoms with Crippen LogP contribution >= 0.6 is 0 Å². The summed E-state index contributed by atoms with van der Waals surface area (Å²) < 4.78 is 33.6. The van der Waals surface area contributed by atoms with Crippen LogP contribution in [0.25, 0.3) is 0 Å². The Balaban J connectivity index is 1.80. The summed E-state index contributed by atoms with van der Waals surface area (Å²) >= 11 is 0. The van der Waals surface area contributed by atoms with Crippen molar-refractivity contribution >= 4 is 15.7 Å². The molecule has 6 nitrogen and oxygen atoms in total. The Hall–Kier alpha value is -2.80. The molecule has 0 aliphatic rings. The summed E-state index contributed by atoms with van der Waals surface area (Å²) in [6.45, 7) is 0. The first-order chi connectivity index (χ1) is 11.5. The SMILES string of the molecule is CN(c1ccc(Oc2ccccc2)cc1)S(=O)(=O)c1cn(C)cn1. The minimum absolute atomic E-state index is 0.0112. The molecule has 1 aromatic heterocycles. The molecule has 0 saturated carbocycles. The lowest BCUT2D eigenvalue weighted by Crippen LogP contribution is -2.26. The number of ether oxygens (including phenoxy) is 1. The standard InChI is InChI=1S/C17H17N3O3S/c1-19-12-17(18-13-19)24(21,22)20(2)14-8-10-16(11-9-14)23-15-6-4-3-5-7-15/h3-13H,1-2H3. The van der Waals surface area contributed by atoms with E-state index in [-0.39, 0.29) is 5.03 Å². The molecule has 0 bridgehead atoms. The molecular formula is C17H17N3O3S. The summed E-state index contributed by atoms with van der Waals surface area (Å²) in [5.41, 5.74) is 0.529. The van der Waals surface area contributed by atoms with Gasteiger partial charge in [-0.3, -0.25) is 4.31 Å². The quantitative estimate of drug-likeness (QED) is 0.714. The lowest BCUT2D eigenvalue weighted by molar-refractivity contribution is 0.482. The molecule has 3 aromatic rings. The van der Waals surface area contributed by atoms with Crippen molar-refractivity contribution in [2.45, 2.75) is 5.03 Å². The van der Waals surface area contributed by atoms with Gasteiger partial charge in [0.05, 0.1) is 12.0 Å². The summed E-state index contributed by atoms with van der Waals surface area (Å²) in [5.74, 6) is 1.35. The highest BCUT2D eigenvalue weighted by atomic mass is 32.2. The molecule has 0 aliphatic carbocycles. The van der Waals surface area contributed by atoms with E-state index in [1.807, 2.05) is 30.3 Å². The fraction of sp³-hybridized carbons (Fsp3) is 0.118. The lowest BCUT2D eigenvalue weighted by Gasteiger charge is -2.18. The molecular weight excluding hydrogens is 326 g/mol. The smallest absolute Gasteiger partial charge is 0.283 e. The second-order valence-electron chi connectivity index (χ2n) is 5.26. The molecule has 0 saturated heterocycles. The predicted octanol–water partition coefficient (Wildman–Crippen LogP) is 3.04. The topological polar surface area (TPSA) is 64.4 Å². The van der Waals surface area contributed by atoms with E-state index >= 15 is 0 Å². The average Bonchev–Trinajstić information content (AvgIpc) is 3.03. The number of anilines is 1. The Bertz CT molecular complexity index is 919. The van der Waals surface area contributed by atoms with Crippen LogP contribution < -0.4 is 9.04 Å². The van der Waals surface area contributed by atoms with Gasteiger partial charge in [0, 0.05) is 20.3 Å². The zero-order valence-electron chi connectivity index (χ0n) is 13.3. The molecule has 0 fully saturated rings. The van der Waals surface area contributed by atoms with E-state index in [0.717, 1.165) is 5.75 Å². The minimum Gasteiger partial charge on any atom is -0.457 e. The summed E-state index contributed by atoms with van der Waals surface area (Å²) in [6, 6.07) is 16.2. The van der Waals surface area contributed by atoms with Crippen LogP contribution in [-0.2, 0) is 17.1 Å². The van der Waals surface area contributed by atoms with Crippen LogP contribution in [0.3, 0.4) is 0 Å². The van der Waals surface area contributed by atoms with Crippen molar-refractivity contribution in [1.29, 1.82) is 0 Å². The van der Waals surface area contributed by atoms with Gasteiger partial charge in [-0.15, -0.1) is 0 Å². The van der Waals surface area contributed by atoms with Crippen molar-refractivity contribution in [3.8, 4) is 11.5 Å². The molecule has 1 heterocycles. The molecule has 0 radical (unpaired) electrons. The number of benzene rings is 2. The summed E-state index contributed by atoms with van der Waals surface area (Å²) in [5, 5.41) is 0.0112. The van der Waals surface area contributed by atoms with Crippen LogP contribution in [0.5, 0.6) is 11.5 Å². The first-order valence-electron chi connectivity index (χ1n) is 7.27. The van der Waals surface area contributed by atoms with Gasteiger partial charge < -0.3 is 9.30 Å². The maximum absolute atomic E-state index is 12.5. The summed E-state index contributed by atoms with van der Waals surface area (Å²) in [6.07, 6.45) is 2.93. The van der Waals surface area contributed by atoms with Crippen LogP contribution in [0.2, 0.25) is 0 Å². The zero-order chi connectivity index (χ0) is 17.2. The van der Waals surface area contributed by atoms with Gasteiger partial charge in [0.25, 0.3) is 10.0 Å². The highest BCUT2D eigenvalue weighted by Crippen LogP contribution is 2.26. The molecule has 0 N–H and O–H groups in total. The van der Waals surface area contributed by atoms with E-state index in [0.29, 0.717) is 11.4 Å². The third-order valence-corrected chi connectivity index (χ3v) is 5.16. The normalized spacial score (nSPS) is 11.2. The van der Waals surface area contributed by atoms with E-state index in [1.165, 1.54) is 23.9 Å². The lowest BCUT2D eigenvalue weighted by atomic mass is 10.3. The van der Waals surface area contributed by atoms with Crippen molar-refractivity contribution in [3.63, 3.8) is 0 Å². The average molecular weight is 343 g/mol. The monoisotopic (exact) mass is 343 g/mol. The summed E-state index contributed by atoms with van der Waals surface area (Å²) in [4.78, 5) is 3.92. The highest BCUT2D eigenvalue weighted by Gasteiger charge is 2.23. The van der Waals surface area contributed by atoms with Crippen LogP contribution in [0, 0.1) is 0 Å². The fourth-order valence-corrected chi connectivity index (χ4v) is 3.31. The van der Waals surface area contributed by atoms with Crippen molar-refractivity contribution in [1.82, 2.24) is 9.55 Å². The number of sulfonamides is 1. The van der Waals surface area contributed by atoms with E-state index in [4.69, 9.17) is 4.74 Å². The van der Waals surface area contributed by atoms with Crippen LogP contribution in [0.1, 0.15) is 0 Å². The third-order valence-electron chi connectivity index (χ3n) is 3.49. The number of para-hydroxylation sites is 1. The molecule has 7 heteroatoms. The Morgan fingerprint density at radius 3 is 2.21 bits per heavy atom. The van der Waals surface area contributed by atoms with E-state index in [2.05, 4.69) is 4.98 Å². The van der Waals surface area contributed by atoms with Gasteiger partial charge in [-0.2, -0.15) is 8.42 Å². The van der Waals surface area contributed by atoms with Crippen molar-refractivity contribution < 1.29 is 13.2 Å². The van der Waals surface area contributed by atoms with Crippen LogP contribution in [0.4, 0.5) is 5.69 Å². The molecule has 0 aliphatic heterocycles. The minimum atomic E-state index is -3.68. The van der Waals surface area contributed by atoms with E-state index < -0.39 is 10.0 Å². The van der Waals surface area contributed by atoms with Gasteiger partial charge in [-0.1, -0.05) is 18.2 Å². The summed E-state index contributed by atoms with van der Waals surface area (Å²) in [7, 11) is -0.461. The van der Waals surface area contributed by atoms with Gasteiger partial charge in [-0.05, 0) is 36.4 Å². The first-order valence-corrected chi connectivity index (χ1v) is 8.71. The Kier molecular flexibility index (Phi) is 4.26. The van der Waals surface area contributed by atoms with Crippen molar-refractivity contribution in [3.05, 3.63) is 67.1 Å². The highest BCUT2D eigenvalue weighted by molar-refractivity contribution is 7.92. The predicted molar refractivity (Wildman–Crippen MR) is 91.8 cm³/mol. The van der Waals surface area contributed by atoms with Crippen LogP contribution in [0.15, 0.2) is 72.1 Å². The molecule has 0 spiro atoms. The van der Waals surface area contributed by atoms with Gasteiger partial charge in [0.15, 0.2) is 5.03 Å². The van der Waals surface area contributed by atoms with Gasteiger partial charge in [0.1, 0.15) is 11.5 Å². The second-order valence-corrected chi connectivity index (χ2v) is 7.18. The zero-order valence-corrected chi connectivity index (χ0v) is 14.1. The first kappa shape index (κ1) is 16.1. The molecule has 124 valence electrons. The number of imidazole rings is 1. The maximum atomic E-state index is 12.5. The maximum Gasteiger partial charge on any atom is 0.283 e. The molecule has 0 atom stereocenters. The Labute approximate surface area is 141 Å². The third kappa shape index (κ3) is 3.26. The molecule has 3 rings (SSSR count). The number of nitrogens with zero attached hydrogens (tertiary/aromatic N) is 3. The second kappa shape index (κ2) is 6.37. The van der Waals surface area contributed by atoms with Gasteiger partial charge in [-0.25, -0.2) is 4.98 Å². The van der Waals surface area contributed by atoms with Crippen LogP contribution in [-0.4, -0.2) is 25.0 Å². The largest absolute Gasteiger partial charge is 0.457 e. The number of aryl methyl sites for hydroxylation is 1. The van der Waals surface area contributed by atoms with E-state index in [1.54, 1.807) is 35.9 Å². The molecule has 0 amide bonds. The number of rotatable bonds is 5. The van der Waals surface area contributed by atoms with E-state index in [9.17, 15) is 8.42 Å². The van der Waals surface area contributed by atoms with Gasteiger partial charge >= 0.3 is 0 Å². The number of aromatic nitrogens is 2. The number of hydrogen-bond donors (Lipinski definition) is 0. The number of hydrogen-bond acceptors (Lipinski definition) is 4. The fourth-order valence-electron chi connectivity index (χ4n) is 2.15. The van der Waals surface area contributed by atoms with Gasteiger partial charge in [0.2, 0.25) is 0 Å². The Morgan fingerprint density at radius 2 is 1.62 bits per heavy atom. The molecule has 0 unspecified atom stereocenters.